The van der Waals surface area contributed by atoms with Crippen LogP contribution in [0.5, 0.6) is 0 Å². The van der Waals surface area contributed by atoms with Gasteiger partial charge in [0.1, 0.15) is 0 Å². The highest BCUT2D eigenvalue weighted by atomic mass is 19.4. The molecule has 2 aliphatic carbocycles. The number of carbonyl (C=O) groups excluding carboxylic acids is 1. The number of fused-ring (bicyclic) bond motifs is 2. The van der Waals surface area contributed by atoms with Gasteiger partial charge in [-0.15, -0.1) is 0 Å². The molecule has 0 saturated heterocycles. The van der Waals surface area contributed by atoms with Gasteiger partial charge in [0.2, 0.25) is 5.91 Å². The summed E-state index contributed by atoms with van der Waals surface area (Å²) in [6, 6.07) is 5.12. The second kappa shape index (κ2) is 5.94. The zero-order valence-electron chi connectivity index (χ0n) is 12.3. The molecule has 0 heterocycles. The maximum absolute atomic E-state index is 12.6. The Hall–Kier alpha value is -1.52. The molecular weight excluding hydrogens is 291 g/mol. The standard InChI is InChI=1S/C17H20F3NO/c18-17(19,20)15-3-1-2-12(8-15)10-21-16(22)9-14-7-11-4-5-13(14)6-11/h1-3,8,11,13-14H,4-7,9-10H2,(H,21,22). The zero-order chi connectivity index (χ0) is 15.7. The summed E-state index contributed by atoms with van der Waals surface area (Å²) >= 11 is 0. The number of halogens is 3. The second-order valence-corrected chi connectivity index (χ2v) is 6.61. The summed E-state index contributed by atoms with van der Waals surface area (Å²) in [5, 5.41) is 2.76. The zero-order valence-corrected chi connectivity index (χ0v) is 12.3. The molecule has 1 N–H and O–H groups in total. The number of rotatable bonds is 4. The first-order chi connectivity index (χ1) is 10.4. The molecular formula is C17H20F3NO. The minimum Gasteiger partial charge on any atom is -0.352 e. The Kier molecular flexibility index (Phi) is 4.15. The fourth-order valence-corrected chi connectivity index (χ4v) is 4.00. The highest BCUT2D eigenvalue weighted by molar-refractivity contribution is 5.76. The lowest BCUT2D eigenvalue weighted by Gasteiger charge is -2.21. The Bertz CT molecular complexity index is 555. The third-order valence-corrected chi connectivity index (χ3v) is 5.08. The summed E-state index contributed by atoms with van der Waals surface area (Å²) in [5.74, 6) is 1.91. The van der Waals surface area contributed by atoms with Crippen LogP contribution in [0.15, 0.2) is 24.3 Å². The van der Waals surface area contributed by atoms with Gasteiger partial charge in [0, 0.05) is 13.0 Å². The van der Waals surface area contributed by atoms with Crippen molar-refractivity contribution in [2.75, 3.05) is 0 Å². The van der Waals surface area contributed by atoms with Gasteiger partial charge in [0.15, 0.2) is 0 Å². The molecule has 2 bridgehead atoms. The van der Waals surface area contributed by atoms with Gasteiger partial charge in [-0.1, -0.05) is 18.6 Å². The van der Waals surface area contributed by atoms with Crippen LogP contribution in [-0.4, -0.2) is 5.91 Å². The molecule has 2 aliphatic rings. The molecule has 120 valence electrons. The minimum absolute atomic E-state index is 0.0463. The largest absolute Gasteiger partial charge is 0.416 e. The predicted octanol–water partition coefficient (Wildman–Crippen LogP) is 4.15. The Labute approximate surface area is 128 Å². The van der Waals surface area contributed by atoms with E-state index in [1.54, 1.807) is 6.07 Å². The number of alkyl halides is 3. The van der Waals surface area contributed by atoms with E-state index in [0.717, 1.165) is 24.5 Å². The normalized spacial score (nSPS) is 27.1. The van der Waals surface area contributed by atoms with E-state index in [0.29, 0.717) is 23.8 Å². The van der Waals surface area contributed by atoms with Crippen LogP contribution in [0.2, 0.25) is 0 Å². The average molecular weight is 311 g/mol. The molecule has 1 amide bonds. The lowest BCUT2D eigenvalue weighted by Crippen LogP contribution is -2.27. The summed E-state index contributed by atoms with van der Waals surface area (Å²) in [7, 11) is 0. The predicted molar refractivity (Wildman–Crippen MR) is 76.8 cm³/mol. The molecule has 3 atom stereocenters. The molecule has 3 unspecified atom stereocenters. The van der Waals surface area contributed by atoms with Crippen LogP contribution < -0.4 is 5.32 Å². The summed E-state index contributed by atoms with van der Waals surface area (Å²) < 4.78 is 37.9. The lowest BCUT2D eigenvalue weighted by molar-refractivity contribution is -0.137. The Morgan fingerprint density at radius 1 is 1.23 bits per heavy atom. The number of nitrogens with one attached hydrogen (secondary N) is 1. The quantitative estimate of drug-likeness (QED) is 0.889. The van der Waals surface area contributed by atoms with Crippen LogP contribution in [0.25, 0.3) is 0 Å². The van der Waals surface area contributed by atoms with Gasteiger partial charge < -0.3 is 5.32 Å². The molecule has 3 rings (SSSR count). The third-order valence-electron chi connectivity index (χ3n) is 5.08. The fourth-order valence-electron chi connectivity index (χ4n) is 4.00. The highest BCUT2D eigenvalue weighted by Crippen LogP contribution is 2.49. The van der Waals surface area contributed by atoms with Crippen LogP contribution >= 0.6 is 0 Å². The lowest BCUT2D eigenvalue weighted by atomic mass is 9.86. The van der Waals surface area contributed by atoms with Crippen molar-refractivity contribution in [1.82, 2.24) is 5.32 Å². The number of hydrogen-bond donors (Lipinski definition) is 1. The number of benzene rings is 1. The molecule has 2 nitrogen and oxygen atoms in total. The molecule has 1 aromatic carbocycles. The van der Waals surface area contributed by atoms with Gasteiger partial charge in [-0.25, -0.2) is 0 Å². The van der Waals surface area contributed by atoms with Crippen molar-refractivity contribution in [3.63, 3.8) is 0 Å². The number of carbonyl (C=O) groups is 1. The van der Waals surface area contributed by atoms with Crippen LogP contribution in [0.4, 0.5) is 13.2 Å². The van der Waals surface area contributed by atoms with Gasteiger partial charge in [-0.3, -0.25) is 4.79 Å². The molecule has 0 aliphatic heterocycles. The van der Waals surface area contributed by atoms with Gasteiger partial charge in [0.05, 0.1) is 5.56 Å². The Balaban J connectivity index is 1.51. The SMILES string of the molecule is O=C(CC1CC2CCC1C2)NCc1cccc(C(F)(F)F)c1. The fraction of sp³-hybridized carbons (Fsp3) is 0.588. The van der Waals surface area contributed by atoms with E-state index in [9.17, 15) is 18.0 Å². The van der Waals surface area contributed by atoms with Crippen molar-refractivity contribution in [1.29, 1.82) is 0 Å². The average Bonchev–Trinajstić information content (AvgIpc) is 3.07. The van der Waals surface area contributed by atoms with E-state index in [-0.39, 0.29) is 12.5 Å². The Morgan fingerprint density at radius 3 is 2.68 bits per heavy atom. The summed E-state index contributed by atoms with van der Waals surface area (Å²) in [6.07, 6.45) is 1.10. The maximum Gasteiger partial charge on any atom is 0.416 e. The molecule has 0 aromatic heterocycles. The molecule has 2 fully saturated rings. The second-order valence-electron chi connectivity index (χ2n) is 6.61. The van der Waals surface area contributed by atoms with Gasteiger partial charge in [-0.2, -0.15) is 13.2 Å². The van der Waals surface area contributed by atoms with Crippen LogP contribution in [-0.2, 0) is 17.5 Å². The molecule has 5 heteroatoms. The van der Waals surface area contributed by atoms with E-state index in [1.807, 2.05) is 0 Å². The Morgan fingerprint density at radius 2 is 2.05 bits per heavy atom. The molecule has 2 saturated carbocycles. The van der Waals surface area contributed by atoms with Crippen molar-refractivity contribution < 1.29 is 18.0 Å². The highest BCUT2D eigenvalue weighted by Gasteiger charge is 2.40. The van der Waals surface area contributed by atoms with Gasteiger partial charge in [-0.05, 0) is 54.7 Å². The van der Waals surface area contributed by atoms with E-state index in [1.165, 1.54) is 25.3 Å². The summed E-state index contributed by atoms with van der Waals surface area (Å²) in [6.45, 7) is 0.156. The van der Waals surface area contributed by atoms with E-state index in [2.05, 4.69) is 5.32 Å². The first-order valence-corrected chi connectivity index (χ1v) is 7.84. The van der Waals surface area contributed by atoms with Crippen LogP contribution in [0, 0.1) is 17.8 Å². The molecule has 0 spiro atoms. The molecule has 0 radical (unpaired) electrons. The van der Waals surface area contributed by atoms with Crippen LogP contribution in [0.3, 0.4) is 0 Å². The van der Waals surface area contributed by atoms with E-state index in [4.69, 9.17) is 0 Å². The minimum atomic E-state index is -4.34. The van der Waals surface area contributed by atoms with Gasteiger partial charge >= 0.3 is 6.18 Å². The van der Waals surface area contributed by atoms with E-state index >= 15 is 0 Å². The smallest absolute Gasteiger partial charge is 0.352 e. The molecule has 1 aromatic rings. The summed E-state index contributed by atoms with van der Waals surface area (Å²) in [5.41, 5.74) is -0.191. The monoisotopic (exact) mass is 311 g/mol. The first-order valence-electron chi connectivity index (χ1n) is 7.84. The number of amides is 1. The van der Waals surface area contributed by atoms with Crippen LogP contribution in [0.1, 0.15) is 43.2 Å². The summed E-state index contributed by atoms with van der Waals surface area (Å²) in [4.78, 5) is 12.0. The third kappa shape index (κ3) is 3.45. The van der Waals surface area contributed by atoms with Crippen molar-refractivity contribution >= 4 is 5.91 Å². The van der Waals surface area contributed by atoms with E-state index < -0.39 is 11.7 Å². The van der Waals surface area contributed by atoms with Gasteiger partial charge in [0.25, 0.3) is 0 Å². The molecule has 22 heavy (non-hydrogen) atoms. The van der Waals surface area contributed by atoms with Crippen molar-refractivity contribution in [3.8, 4) is 0 Å². The first kappa shape index (κ1) is 15.4. The number of hydrogen-bond acceptors (Lipinski definition) is 1. The van der Waals surface area contributed by atoms with Crippen molar-refractivity contribution in [3.05, 3.63) is 35.4 Å². The maximum atomic E-state index is 12.6. The topological polar surface area (TPSA) is 29.1 Å². The van der Waals surface area contributed by atoms with Crippen molar-refractivity contribution in [2.24, 2.45) is 17.8 Å². The van der Waals surface area contributed by atoms with Crippen molar-refractivity contribution in [2.45, 2.75) is 44.8 Å².